The number of rotatable bonds is 5. The Morgan fingerprint density at radius 3 is 2.50 bits per heavy atom. The maximum absolute atomic E-state index is 13.2. The van der Waals surface area contributed by atoms with Crippen LogP contribution in [-0.4, -0.2) is 4.57 Å². The Hall–Kier alpha value is -3.35. The van der Waals surface area contributed by atoms with Gasteiger partial charge in [-0.15, -0.1) is 0 Å². The molecule has 0 saturated heterocycles. The van der Waals surface area contributed by atoms with Crippen molar-refractivity contribution < 1.29 is 4.39 Å². The molecule has 0 radical (unpaired) electrons. The van der Waals surface area contributed by atoms with Crippen molar-refractivity contribution in [2.45, 2.75) is 19.9 Å². The number of allylic oxidation sites excluding steroid dienone is 1. The number of hydrogen-bond acceptors (Lipinski definition) is 1. The summed E-state index contributed by atoms with van der Waals surface area (Å²) in [6, 6.07) is 22.6. The molecule has 0 aliphatic rings. The van der Waals surface area contributed by atoms with Gasteiger partial charge in [0, 0.05) is 28.7 Å². The lowest BCUT2D eigenvalue weighted by Gasteiger charge is -2.06. The highest BCUT2D eigenvalue weighted by molar-refractivity contribution is 6.31. The Balaban J connectivity index is 1.72. The van der Waals surface area contributed by atoms with Gasteiger partial charge in [0.1, 0.15) is 5.82 Å². The van der Waals surface area contributed by atoms with Crippen LogP contribution in [0.3, 0.4) is 0 Å². The third kappa shape index (κ3) is 4.30. The van der Waals surface area contributed by atoms with E-state index < -0.39 is 0 Å². The van der Waals surface area contributed by atoms with Crippen LogP contribution in [0, 0.1) is 24.1 Å². The van der Waals surface area contributed by atoms with Crippen LogP contribution in [0.1, 0.15) is 22.3 Å². The molecular weight excluding hydrogens is 395 g/mol. The van der Waals surface area contributed by atoms with Crippen molar-refractivity contribution in [2.75, 3.05) is 0 Å². The summed E-state index contributed by atoms with van der Waals surface area (Å²) in [7, 11) is 0. The molecular formula is C26H20ClFN2. The summed E-state index contributed by atoms with van der Waals surface area (Å²) in [5.74, 6) is -0.232. The first-order valence-electron chi connectivity index (χ1n) is 9.75. The molecule has 4 aromatic rings. The zero-order valence-electron chi connectivity index (χ0n) is 16.6. The van der Waals surface area contributed by atoms with Gasteiger partial charge in [-0.05, 0) is 54.8 Å². The molecule has 0 aliphatic carbocycles. The lowest BCUT2D eigenvalue weighted by molar-refractivity contribution is 0.626. The van der Waals surface area contributed by atoms with Gasteiger partial charge in [0.25, 0.3) is 0 Å². The maximum Gasteiger partial charge on any atom is 0.123 e. The number of benzene rings is 3. The predicted molar refractivity (Wildman–Crippen MR) is 122 cm³/mol. The van der Waals surface area contributed by atoms with Gasteiger partial charge in [-0.2, -0.15) is 5.26 Å². The van der Waals surface area contributed by atoms with Gasteiger partial charge in [-0.1, -0.05) is 59.6 Å². The highest BCUT2D eigenvalue weighted by Crippen LogP contribution is 2.29. The average molecular weight is 415 g/mol. The van der Waals surface area contributed by atoms with E-state index in [1.165, 1.54) is 12.1 Å². The Labute approximate surface area is 180 Å². The molecule has 0 N–H and O–H groups in total. The second kappa shape index (κ2) is 8.57. The molecule has 0 saturated carbocycles. The minimum atomic E-state index is -0.232. The fourth-order valence-corrected chi connectivity index (χ4v) is 3.73. The van der Waals surface area contributed by atoms with E-state index in [2.05, 4.69) is 16.8 Å². The molecule has 0 fully saturated rings. The van der Waals surface area contributed by atoms with E-state index in [9.17, 15) is 9.65 Å². The lowest BCUT2D eigenvalue weighted by atomic mass is 10.0. The fourth-order valence-electron chi connectivity index (χ4n) is 3.56. The van der Waals surface area contributed by atoms with E-state index in [0.717, 1.165) is 46.1 Å². The molecule has 2 nitrogen and oxygen atoms in total. The number of nitriles is 1. The van der Waals surface area contributed by atoms with Gasteiger partial charge >= 0.3 is 0 Å². The summed E-state index contributed by atoms with van der Waals surface area (Å²) in [6.45, 7) is 2.75. The molecule has 4 heteroatoms. The van der Waals surface area contributed by atoms with Gasteiger partial charge in [0.05, 0.1) is 17.2 Å². The topological polar surface area (TPSA) is 28.7 Å². The molecule has 0 unspecified atom stereocenters. The first kappa shape index (κ1) is 19.9. The normalized spacial score (nSPS) is 11.6. The van der Waals surface area contributed by atoms with E-state index >= 15 is 0 Å². The second-order valence-electron chi connectivity index (χ2n) is 7.35. The zero-order chi connectivity index (χ0) is 21.1. The Morgan fingerprint density at radius 2 is 1.80 bits per heavy atom. The van der Waals surface area contributed by atoms with Crippen molar-refractivity contribution in [3.8, 4) is 6.07 Å². The number of fused-ring (bicyclic) bond motifs is 1. The second-order valence-corrected chi connectivity index (χ2v) is 7.79. The molecule has 1 aromatic heterocycles. The molecule has 0 aliphatic heterocycles. The predicted octanol–water partition coefficient (Wildman–Crippen LogP) is 7.05. The first-order chi connectivity index (χ1) is 14.5. The van der Waals surface area contributed by atoms with Crippen molar-refractivity contribution in [1.29, 1.82) is 5.26 Å². The molecule has 3 aromatic carbocycles. The van der Waals surface area contributed by atoms with Crippen LogP contribution in [0.15, 0.2) is 72.9 Å². The van der Waals surface area contributed by atoms with Gasteiger partial charge in [0.2, 0.25) is 0 Å². The molecule has 0 atom stereocenters. The Kier molecular flexibility index (Phi) is 5.70. The molecule has 4 rings (SSSR count). The summed E-state index contributed by atoms with van der Waals surface area (Å²) in [6.07, 6.45) is 4.74. The minimum Gasteiger partial charge on any atom is -0.346 e. The average Bonchev–Trinajstić information content (AvgIpc) is 3.09. The van der Waals surface area contributed by atoms with Crippen LogP contribution in [0.25, 0.3) is 22.6 Å². The van der Waals surface area contributed by atoms with E-state index in [1.807, 2.05) is 55.5 Å². The smallest absolute Gasteiger partial charge is 0.123 e. The van der Waals surface area contributed by atoms with Gasteiger partial charge in [-0.25, -0.2) is 4.39 Å². The van der Waals surface area contributed by atoms with Crippen molar-refractivity contribution in [3.63, 3.8) is 0 Å². The standard InChI is InChI=1S/C26H20ClFN2/c1-18-2-6-20(7-3-18)21(16-29)14-22-17-30(26-15-23(27)8-11-25(22)26)13-12-19-4-9-24(28)10-5-19/h2-11,14-15,17H,12-13H2,1H3/b21-14+. The summed E-state index contributed by atoms with van der Waals surface area (Å²) in [5, 5.41) is 11.4. The van der Waals surface area contributed by atoms with Crippen LogP contribution in [0.4, 0.5) is 4.39 Å². The zero-order valence-corrected chi connectivity index (χ0v) is 17.3. The number of halogens is 2. The Bertz CT molecular complexity index is 1260. The van der Waals surface area contributed by atoms with Crippen LogP contribution >= 0.6 is 11.6 Å². The molecule has 0 amide bonds. The summed E-state index contributed by atoms with van der Waals surface area (Å²) >= 11 is 6.26. The number of aryl methyl sites for hydroxylation is 3. The molecule has 148 valence electrons. The summed E-state index contributed by atoms with van der Waals surface area (Å²) < 4.78 is 15.3. The van der Waals surface area contributed by atoms with Crippen molar-refractivity contribution >= 4 is 34.2 Å². The first-order valence-corrected chi connectivity index (χ1v) is 10.1. The van der Waals surface area contributed by atoms with E-state index in [1.54, 1.807) is 12.1 Å². The van der Waals surface area contributed by atoms with Crippen LogP contribution < -0.4 is 0 Å². The van der Waals surface area contributed by atoms with Gasteiger partial charge < -0.3 is 4.57 Å². The fraction of sp³-hybridized carbons (Fsp3) is 0.115. The monoisotopic (exact) mass is 414 g/mol. The van der Waals surface area contributed by atoms with Crippen LogP contribution in [0.2, 0.25) is 5.02 Å². The SMILES string of the molecule is Cc1ccc(/C(C#N)=C/c2cn(CCc3ccc(F)cc3)c3cc(Cl)ccc23)cc1. The van der Waals surface area contributed by atoms with Crippen molar-refractivity contribution in [2.24, 2.45) is 0 Å². The largest absolute Gasteiger partial charge is 0.346 e. The number of nitrogens with zero attached hydrogens (tertiary/aromatic N) is 2. The highest BCUT2D eigenvalue weighted by Gasteiger charge is 2.10. The van der Waals surface area contributed by atoms with E-state index in [-0.39, 0.29) is 5.82 Å². The summed E-state index contributed by atoms with van der Waals surface area (Å²) in [4.78, 5) is 0. The quantitative estimate of drug-likeness (QED) is 0.321. The third-order valence-corrected chi connectivity index (χ3v) is 5.45. The van der Waals surface area contributed by atoms with Crippen LogP contribution in [0.5, 0.6) is 0 Å². The molecule has 1 heterocycles. The minimum absolute atomic E-state index is 0.232. The highest BCUT2D eigenvalue weighted by atomic mass is 35.5. The number of aromatic nitrogens is 1. The van der Waals surface area contributed by atoms with Gasteiger partial charge in [0.15, 0.2) is 0 Å². The van der Waals surface area contributed by atoms with E-state index in [0.29, 0.717) is 10.6 Å². The maximum atomic E-state index is 13.2. The Morgan fingerprint density at radius 1 is 1.07 bits per heavy atom. The van der Waals surface area contributed by atoms with E-state index in [4.69, 9.17) is 11.6 Å². The number of hydrogen-bond donors (Lipinski definition) is 0. The lowest BCUT2D eigenvalue weighted by Crippen LogP contribution is -1.99. The van der Waals surface area contributed by atoms with Crippen molar-refractivity contribution in [3.05, 3.63) is 106 Å². The van der Waals surface area contributed by atoms with Crippen molar-refractivity contribution in [1.82, 2.24) is 4.57 Å². The third-order valence-electron chi connectivity index (χ3n) is 5.21. The summed E-state index contributed by atoms with van der Waals surface area (Å²) in [5.41, 5.74) is 5.71. The van der Waals surface area contributed by atoms with Gasteiger partial charge in [-0.3, -0.25) is 0 Å². The molecule has 0 spiro atoms. The molecule has 0 bridgehead atoms. The molecule has 30 heavy (non-hydrogen) atoms. The van der Waals surface area contributed by atoms with Crippen LogP contribution in [-0.2, 0) is 13.0 Å².